The van der Waals surface area contributed by atoms with Gasteiger partial charge in [0, 0.05) is 69.1 Å². The summed E-state index contributed by atoms with van der Waals surface area (Å²) >= 11 is 6.15. The Labute approximate surface area is 181 Å². The molecule has 2 saturated heterocycles. The Morgan fingerprint density at radius 3 is 2.76 bits per heavy atom. The first-order chi connectivity index (χ1) is 14.1. The van der Waals surface area contributed by atoms with Crippen molar-refractivity contribution in [2.75, 3.05) is 70.9 Å². The largest absolute Gasteiger partial charge is 0.369 e. The standard InChI is InChI=1S/C22H37ClN6/c1-3-24-22(25-10-4-5-11-28-15-13-27(2)14-16-28)26-20-9-12-29(18-20)21-8-6-7-19(23)17-21/h6-8,17,20H,3-5,9-16,18H2,1-2H3,(H2,24,25,26). The maximum Gasteiger partial charge on any atom is 0.191 e. The van der Waals surface area contributed by atoms with E-state index >= 15 is 0 Å². The third-order valence-corrected chi connectivity index (χ3v) is 6.03. The van der Waals surface area contributed by atoms with Crippen LogP contribution in [0.25, 0.3) is 0 Å². The highest BCUT2D eigenvalue weighted by Gasteiger charge is 2.23. The Bertz CT molecular complexity index is 644. The third-order valence-electron chi connectivity index (χ3n) is 5.79. The molecule has 1 unspecified atom stereocenters. The molecule has 0 aliphatic carbocycles. The van der Waals surface area contributed by atoms with Crippen molar-refractivity contribution in [2.24, 2.45) is 4.99 Å². The second-order valence-electron chi connectivity index (χ2n) is 8.17. The van der Waals surface area contributed by atoms with Gasteiger partial charge in [-0.25, -0.2) is 0 Å². The molecule has 1 aromatic carbocycles. The molecular weight excluding hydrogens is 384 g/mol. The summed E-state index contributed by atoms with van der Waals surface area (Å²) in [5.74, 6) is 0.949. The van der Waals surface area contributed by atoms with E-state index in [1.165, 1.54) is 44.8 Å². The fourth-order valence-corrected chi connectivity index (χ4v) is 4.19. The molecule has 0 radical (unpaired) electrons. The van der Waals surface area contributed by atoms with E-state index < -0.39 is 0 Å². The number of rotatable bonds is 8. The van der Waals surface area contributed by atoms with Crippen LogP contribution in [0, 0.1) is 0 Å². The fraction of sp³-hybridized carbons (Fsp3) is 0.682. The molecule has 2 fully saturated rings. The summed E-state index contributed by atoms with van der Waals surface area (Å²) in [6.45, 7) is 11.9. The number of anilines is 1. The first-order valence-corrected chi connectivity index (χ1v) is 11.5. The molecule has 0 bridgehead atoms. The lowest BCUT2D eigenvalue weighted by molar-refractivity contribution is 0.152. The van der Waals surface area contributed by atoms with Crippen molar-refractivity contribution in [3.63, 3.8) is 0 Å². The van der Waals surface area contributed by atoms with Crippen LogP contribution in [0.2, 0.25) is 5.02 Å². The molecule has 2 N–H and O–H groups in total. The number of benzene rings is 1. The SMILES string of the molecule is CCNC(=NCCCCN1CCN(C)CC1)NC1CCN(c2cccc(Cl)c2)C1. The van der Waals surface area contributed by atoms with Crippen molar-refractivity contribution in [3.8, 4) is 0 Å². The number of piperazine rings is 1. The fourth-order valence-electron chi connectivity index (χ4n) is 4.01. The molecule has 162 valence electrons. The summed E-state index contributed by atoms with van der Waals surface area (Å²) in [6, 6.07) is 8.54. The lowest BCUT2D eigenvalue weighted by atomic mass is 10.2. The number of halogens is 1. The molecule has 1 atom stereocenters. The van der Waals surface area contributed by atoms with Gasteiger partial charge in [0.15, 0.2) is 5.96 Å². The Morgan fingerprint density at radius 2 is 2.00 bits per heavy atom. The van der Waals surface area contributed by atoms with Gasteiger partial charge in [0.2, 0.25) is 0 Å². The highest BCUT2D eigenvalue weighted by atomic mass is 35.5. The van der Waals surface area contributed by atoms with Crippen molar-refractivity contribution >= 4 is 23.2 Å². The van der Waals surface area contributed by atoms with Gasteiger partial charge in [-0.05, 0) is 58.0 Å². The highest BCUT2D eigenvalue weighted by molar-refractivity contribution is 6.30. The zero-order chi connectivity index (χ0) is 20.5. The molecule has 0 aromatic heterocycles. The molecule has 0 spiro atoms. The Balaban J connectivity index is 1.39. The number of nitrogens with one attached hydrogen (secondary N) is 2. The molecule has 6 nitrogen and oxygen atoms in total. The molecular formula is C22H37ClN6. The summed E-state index contributed by atoms with van der Waals surface area (Å²) < 4.78 is 0. The van der Waals surface area contributed by atoms with Crippen LogP contribution < -0.4 is 15.5 Å². The number of nitrogens with zero attached hydrogens (tertiary/aromatic N) is 4. The second kappa shape index (κ2) is 11.6. The number of aliphatic imine (C=N–C) groups is 1. The Morgan fingerprint density at radius 1 is 1.17 bits per heavy atom. The minimum Gasteiger partial charge on any atom is -0.369 e. The number of likely N-dealkylation sites (N-methyl/N-ethyl adjacent to an activating group) is 1. The van der Waals surface area contributed by atoms with Crippen LogP contribution in [0.4, 0.5) is 5.69 Å². The lowest BCUT2D eigenvalue weighted by Crippen LogP contribution is -2.45. The quantitative estimate of drug-likeness (QED) is 0.384. The molecule has 2 heterocycles. The van der Waals surface area contributed by atoms with Crippen molar-refractivity contribution in [1.29, 1.82) is 0 Å². The van der Waals surface area contributed by atoms with Gasteiger partial charge in [-0.1, -0.05) is 17.7 Å². The molecule has 0 amide bonds. The van der Waals surface area contributed by atoms with E-state index in [0.29, 0.717) is 6.04 Å². The van der Waals surface area contributed by atoms with E-state index in [2.05, 4.69) is 45.4 Å². The van der Waals surface area contributed by atoms with Crippen molar-refractivity contribution in [2.45, 2.75) is 32.2 Å². The first-order valence-electron chi connectivity index (χ1n) is 11.1. The number of hydrogen-bond donors (Lipinski definition) is 2. The minimum atomic E-state index is 0.414. The van der Waals surface area contributed by atoms with E-state index in [1.807, 2.05) is 18.2 Å². The van der Waals surface area contributed by atoms with Gasteiger partial charge >= 0.3 is 0 Å². The van der Waals surface area contributed by atoms with Crippen LogP contribution in [-0.2, 0) is 0 Å². The number of hydrogen-bond acceptors (Lipinski definition) is 4. The zero-order valence-corrected chi connectivity index (χ0v) is 18.8. The maximum atomic E-state index is 6.15. The highest BCUT2D eigenvalue weighted by Crippen LogP contribution is 2.23. The second-order valence-corrected chi connectivity index (χ2v) is 8.60. The van der Waals surface area contributed by atoms with E-state index in [0.717, 1.165) is 50.0 Å². The molecule has 29 heavy (non-hydrogen) atoms. The Kier molecular flexibility index (Phi) is 8.90. The van der Waals surface area contributed by atoms with Crippen LogP contribution in [0.1, 0.15) is 26.2 Å². The zero-order valence-electron chi connectivity index (χ0n) is 18.0. The maximum absolute atomic E-state index is 6.15. The predicted molar refractivity (Wildman–Crippen MR) is 124 cm³/mol. The van der Waals surface area contributed by atoms with E-state index in [-0.39, 0.29) is 0 Å². The van der Waals surface area contributed by atoms with Crippen molar-refractivity contribution < 1.29 is 0 Å². The van der Waals surface area contributed by atoms with Gasteiger partial charge in [0.05, 0.1) is 0 Å². The summed E-state index contributed by atoms with van der Waals surface area (Å²) in [4.78, 5) is 12.2. The minimum absolute atomic E-state index is 0.414. The molecule has 2 aliphatic rings. The smallest absolute Gasteiger partial charge is 0.191 e. The number of unbranched alkanes of at least 4 members (excludes halogenated alkanes) is 1. The summed E-state index contributed by atoms with van der Waals surface area (Å²) in [5.41, 5.74) is 1.20. The number of guanidine groups is 1. The van der Waals surface area contributed by atoms with E-state index in [9.17, 15) is 0 Å². The average molecular weight is 421 g/mol. The molecule has 7 heteroatoms. The van der Waals surface area contributed by atoms with Gasteiger partial charge < -0.3 is 25.3 Å². The van der Waals surface area contributed by atoms with Gasteiger partial charge in [0.25, 0.3) is 0 Å². The van der Waals surface area contributed by atoms with Crippen LogP contribution in [0.5, 0.6) is 0 Å². The summed E-state index contributed by atoms with van der Waals surface area (Å²) in [5, 5.41) is 7.82. The lowest BCUT2D eigenvalue weighted by Gasteiger charge is -2.32. The summed E-state index contributed by atoms with van der Waals surface area (Å²) in [6.07, 6.45) is 3.47. The van der Waals surface area contributed by atoms with Crippen LogP contribution in [0.15, 0.2) is 29.3 Å². The van der Waals surface area contributed by atoms with Gasteiger partial charge in [0.1, 0.15) is 0 Å². The van der Waals surface area contributed by atoms with Gasteiger partial charge in [-0.2, -0.15) is 0 Å². The topological polar surface area (TPSA) is 46.1 Å². The van der Waals surface area contributed by atoms with E-state index in [4.69, 9.17) is 16.6 Å². The van der Waals surface area contributed by atoms with Gasteiger partial charge in [-0.3, -0.25) is 4.99 Å². The molecule has 2 aliphatic heterocycles. The third kappa shape index (κ3) is 7.36. The molecule has 1 aromatic rings. The van der Waals surface area contributed by atoms with Crippen LogP contribution in [-0.4, -0.2) is 87.8 Å². The van der Waals surface area contributed by atoms with Crippen molar-refractivity contribution in [3.05, 3.63) is 29.3 Å². The predicted octanol–water partition coefficient (Wildman–Crippen LogP) is 2.50. The van der Waals surface area contributed by atoms with E-state index in [1.54, 1.807) is 0 Å². The van der Waals surface area contributed by atoms with Crippen LogP contribution >= 0.6 is 11.6 Å². The van der Waals surface area contributed by atoms with Gasteiger partial charge in [-0.15, -0.1) is 0 Å². The first kappa shape index (κ1) is 22.2. The van der Waals surface area contributed by atoms with Crippen molar-refractivity contribution in [1.82, 2.24) is 20.4 Å². The monoisotopic (exact) mass is 420 g/mol. The Hall–Kier alpha value is -1.50. The normalized spacial score (nSPS) is 21.6. The summed E-state index contributed by atoms with van der Waals surface area (Å²) in [7, 11) is 2.21. The molecule has 0 saturated carbocycles. The molecule has 3 rings (SSSR count). The van der Waals surface area contributed by atoms with Crippen LogP contribution in [0.3, 0.4) is 0 Å². The average Bonchev–Trinajstić information content (AvgIpc) is 3.18.